The zero-order chi connectivity index (χ0) is 9.42. The third kappa shape index (κ3) is 1.27. The molecule has 0 radical (unpaired) electrons. The summed E-state index contributed by atoms with van der Waals surface area (Å²) in [6, 6.07) is 4.72. The number of thiol groups is 1. The molecule has 1 aromatic heterocycles. The molecule has 0 unspecified atom stereocenters. The van der Waals surface area contributed by atoms with Gasteiger partial charge in [-0.05, 0) is 18.2 Å². The van der Waals surface area contributed by atoms with Crippen LogP contribution in [-0.4, -0.2) is 20.0 Å². The van der Waals surface area contributed by atoms with Crippen LogP contribution in [-0.2, 0) is 0 Å². The number of aromatic nitrogens is 2. The van der Waals surface area contributed by atoms with E-state index in [2.05, 4.69) is 17.8 Å². The number of benzene rings is 1. The molecular weight excluding hydrogens is 188 g/mol. The number of carbonyl (C=O) groups is 1. The van der Waals surface area contributed by atoms with Gasteiger partial charge in [0.15, 0.2) is 0 Å². The summed E-state index contributed by atoms with van der Waals surface area (Å²) in [5, 5.41) is 8.70. The number of carboxylic acids is 1. The van der Waals surface area contributed by atoms with Crippen LogP contribution in [0.4, 0.5) is 0 Å². The van der Waals surface area contributed by atoms with E-state index in [1.54, 1.807) is 10.0 Å². The van der Waals surface area contributed by atoms with Gasteiger partial charge >= 0.3 is 5.97 Å². The number of hydrogen-bond acceptors (Lipinski definition) is 3. The molecule has 0 fully saturated rings. The maximum atomic E-state index is 10.6. The Morgan fingerprint density at radius 1 is 1.54 bits per heavy atom. The highest BCUT2D eigenvalue weighted by Crippen LogP contribution is 2.15. The van der Waals surface area contributed by atoms with Crippen LogP contribution >= 0.6 is 12.8 Å². The molecule has 0 bridgehead atoms. The fourth-order valence-electron chi connectivity index (χ4n) is 1.13. The van der Waals surface area contributed by atoms with E-state index in [1.807, 2.05) is 0 Å². The fraction of sp³-hybridized carbons (Fsp3) is 0. The second kappa shape index (κ2) is 2.77. The van der Waals surface area contributed by atoms with Gasteiger partial charge in [-0.1, -0.05) is 12.8 Å². The predicted molar refractivity (Wildman–Crippen MR) is 51.1 cm³/mol. The third-order valence-corrected chi connectivity index (χ3v) is 2.09. The lowest BCUT2D eigenvalue weighted by Gasteiger charge is -1.94. The van der Waals surface area contributed by atoms with Gasteiger partial charge in [0.2, 0.25) is 0 Å². The number of aromatic carboxylic acids is 1. The molecule has 0 aliphatic carbocycles. The first kappa shape index (κ1) is 8.12. The minimum absolute atomic E-state index is 0.236. The Kier molecular flexibility index (Phi) is 1.73. The van der Waals surface area contributed by atoms with Gasteiger partial charge in [0, 0.05) is 0 Å². The van der Waals surface area contributed by atoms with E-state index in [0.29, 0.717) is 5.52 Å². The monoisotopic (exact) mass is 194 g/mol. The first-order chi connectivity index (χ1) is 6.18. The van der Waals surface area contributed by atoms with Gasteiger partial charge in [0.25, 0.3) is 0 Å². The van der Waals surface area contributed by atoms with Gasteiger partial charge in [0.1, 0.15) is 6.33 Å². The van der Waals surface area contributed by atoms with Crippen LogP contribution in [0.15, 0.2) is 24.5 Å². The van der Waals surface area contributed by atoms with Crippen molar-refractivity contribution in [3.63, 3.8) is 0 Å². The van der Waals surface area contributed by atoms with Crippen molar-refractivity contribution in [3.8, 4) is 0 Å². The average Bonchev–Trinajstić information content (AvgIpc) is 2.47. The second-order valence-electron chi connectivity index (χ2n) is 2.60. The van der Waals surface area contributed by atoms with Crippen LogP contribution in [0.3, 0.4) is 0 Å². The Balaban J connectivity index is 2.70. The standard InChI is InChI=1S/C8H6N2O2S/c11-8(12)5-1-2-7-6(3-5)9-4-10(7)13/h1-4,13H,(H,11,12). The van der Waals surface area contributed by atoms with Gasteiger partial charge in [0.05, 0.1) is 16.6 Å². The van der Waals surface area contributed by atoms with Gasteiger partial charge in [-0.3, -0.25) is 3.97 Å². The molecule has 0 amide bonds. The first-order valence-corrected chi connectivity index (χ1v) is 3.98. The smallest absolute Gasteiger partial charge is 0.335 e. The van der Waals surface area contributed by atoms with Gasteiger partial charge in [-0.25, -0.2) is 9.78 Å². The Bertz CT molecular complexity index is 478. The molecule has 0 atom stereocenters. The van der Waals surface area contributed by atoms with Crippen LogP contribution in [0.2, 0.25) is 0 Å². The molecule has 2 rings (SSSR count). The van der Waals surface area contributed by atoms with Crippen molar-refractivity contribution in [3.05, 3.63) is 30.1 Å². The lowest BCUT2D eigenvalue weighted by molar-refractivity contribution is 0.0697. The van der Waals surface area contributed by atoms with Crippen LogP contribution < -0.4 is 0 Å². The molecule has 66 valence electrons. The van der Waals surface area contributed by atoms with E-state index in [0.717, 1.165) is 5.52 Å². The number of rotatable bonds is 1. The second-order valence-corrected chi connectivity index (χ2v) is 3.03. The molecule has 5 heteroatoms. The maximum Gasteiger partial charge on any atom is 0.335 e. The summed E-state index contributed by atoms with van der Waals surface area (Å²) in [5.41, 5.74) is 1.67. The largest absolute Gasteiger partial charge is 0.478 e. The van der Waals surface area contributed by atoms with E-state index >= 15 is 0 Å². The lowest BCUT2D eigenvalue weighted by Crippen LogP contribution is -1.95. The van der Waals surface area contributed by atoms with Crippen molar-refractivity contribution >= 4 is 29.8 Å². The normalized spacial score (nSPS) is 10.5. The molecule has 2 aromatic rings. The Morgan fingerprint density at radius 2 is 2.31 bits per heavy atom. The van der Waals surface area contributed by atoms with Crippen molar-refractivity contribution < 1.29 is 9.90 Å². The van der Waals surface area contributed by atoms with Crippen LogP contribution in [0.1, 0.15) is 10.4 Å². The van der Waals surface area contributed by atoms with Gasteiger partial charge < -0.3 is 5.11 Å². The molecule has 1 aromatic carbocycles. The number of carboxylic acid groups (broad SMARTS) is 1. The van der Waals surface area contributed by atoms with Crippen molar-refractivity contribution in [1.29, 1.82) is 0 Å². The van der Waals surface area contributed by atoms with Crippen molar-refractivity contribution in [2.24, 2.45) is 0 Å². The number of imidazole rings is 1. The molecular formula is C8H6N2O2S. The van der Waals surface area contributed by atoms with Crippen LogP contribution in [0.25, 0.3) is 11.0 Å². The zero-order valence-corrected chi connectivity index (χ0v) is 7.40. The SMILES string of the molecule is O=C(O)c1ccc2c(c1)ncn2S. The highest BCUT2D eigenvalue weighted by Gasteiger charge is 2.05. The van der Waals surface area contributed by atoms with Gasteiger partial charge in [-0.15, -0.1) is 0 Å². The summed E-state index contributed by atoms with van der Waals surface area (Å²) < 4.78 is 1.54. The van der Waals surface area contributed by atoms with Crippen molar-refractivity contribution in [2.75, 3.05) is 0 Å². The number of nitrogens with zero attached hydrogens (tertiary/aromatic N) is 2. The third-order valence-electron chi connectivity index (χ3n) is 1.78. The van der Waals surface area contributed by atoms with E-state index in [1.165, 1.54) is 18.5 Å². The summed E-state index contributed by atoms with van der Waals surface area (Å²) in [5.74, 6) is -0.949. The zero-order valence-electron chi connectivity index (χ0n) is 6.51. The van der Waals surface area contributed by atoms with E-state index in [9.17, 15) is 4.79 Å². The minimum atomic E-state index is -0.949. The highest BCUT2D eigenvalue weighted by atomic mass is 32.1. The first-order valence-electron chi connectivity index (χ1n) is 3.58. The molecule has 1 N–H and O–H groups in total. The molecule has 4 nitrogen and oxygen atoms in total. The molecule has 0 aliphatic rings. The van der Waals surface area contributed by atoms with E-state index < -0.39 is 5.97 Å². The Morgan fingerprint density at radius 3 is 3.00 bits per heavy atom. The maximum absolute atomic E-state index is 10.6. The molecule has 0 spiro atoms. The summed E-state index contributed by atoms with van der Waals surface area (Å²) >= 11 is 4.09. The number of hydrogen-bond donors (Lipinski definition) is 2. The molecule has 1 heterocycles. The van der Waals surface area contributed by atoms with E-state index in [-0.39, 0.29) is 5.56 Å². The highest BCUT2D eigenvalue weighted by molar-refractivity contribution is 7.78. The summed E-state index contributed by atoms with van der Waals surface area (Å²) in [7, 11) is 0. The molecule has 0 saturated carbocycles. The van der Waals surface area contributed by atoms with Crippen LogP contribution in [0.5, 0.6) is 0 Å². The predicted octanol–water partition coefficient (Wildman–Crippen LogP) is 1.43. The topological polar surface area (TPSA) is 55.1 Å². The molecule has 13 heavy (non-hydrogen) atoms. The summed E-state index contributed by atoms with van der Waals surface area (Å²) in [4.78, 5) is 14.6. The lowest BCUT2D eigenvalue weighted by atomic mass is 10.2. The summed E-state index contributed by atoms with van der Waals surface area (Å²) in [6.07, 6.45) is 1.53. The van der Waals surface area contributed by atoms with Crippen molar-refractivity contribution in [1.82, 2.24) is 8.96 Å². The molecule has 0 saturated heterocycles. The van der Waals surface area contributed by atoms with Gasteiger partial charge in [-0.2, -0.15) is 0 Å². The molecule has 0 aliphatic heterocycles. The average molecular weight is 194 g/mol. The Labute approximate surface area is 79.4 Å². The Hall–Kier alpha value is -1.49. The van der Waals surface area contributed by atoms with E-state index in [4.69, 9.17) is 5.11 Å². The minimum Gasteiger partial charge on any atom is -0.478 e. The quantitative estimate of drug-likeness (QED) is 0.675. The van der Waals surface area contributed by atoms with Crippen molar-refractivity contribution in [2.45, 2.75) is 0 Å². The number of fused-ring (bicyclic) bond motifs is 1. The fourth-order valence-corrected chi connectivity index (χ4v) is 1.35. The van der Waals surface area contributed by atoms with Crippen LogP contribution in [0, 0.1) is 0 Å². The summed E-state index contributed by atoms with van der Waals surface area (Å²) in [6.45, 7) is 0.